The lowest BCUT2D eigenvalue weighted by atomic mass is 9.77. The SMILES string of the molecule is C1=Cc2c(c(-c3cccc4ccccc34)c3c(c2-c2ccc(-c4ccc(-c5ccccc5)c5ccccc45)cc2)C=CCC3)C=CC1. The zero-order valence-electron chi connectivity index (χ0n) is 26.3. The van der Waals surface area contributed by atoms with E-state index in [0.717, 1.165) is 19.3 Å². The molecule has 2 aliphatic rings. The van der Waals surface area contributed by atoms with Crippen LogP contribution in [0.3, 0.4) is 0 Å². The van der Waals surface area contributed by atoms with Gasteiger partial charge in [0.15, 0.2) is 0 Å². The third kappa shape index (κ3) is 4.68. The molecule has 0 heteroatoms. The predicted molar refractivity (Wildman–Crippen MR) is 203 cm³/mol. The van der Waals surface area contributed by atoms with Gasteiger partial charge in [-0.25, -0.2) is 0 Å². The topological polar surface area (TPSA) is 0 Å². The standard InChI is InChI=1S/C47H34/c1-3-14-32(15-4-1)37-30-31-38(40-20-10-9-19-39(37)40)34-26-28-35(29-27-34)46-42-21-5-2-6-22-44(42)47(45-24-12-11-23-43(45)46)41-25-13-17-33-16-7-8-18-36(33)41/h1,3-11,13-23,25-31H,2,12,24H2. The van der Waals surface area contributed by atoms with E-state index in [1.165, 1.54) is 88.3 Å². The Labute approximate surface area is 276 Å². The Morgan fingerprint density at radius 2 is 0.936 bits per heavy atom. The molecule has 2 aliphatic carbocycles. The molecule has 0 nitrogen and oxygen atoms in total. The van der Waals surface area contributed by atoms with Crippen molar-refractivity contribution in [3.8, 4) is 44.5 Å². The molecule has 0 aromatic heterocycles. The van der Waals surface area contributed by atoms with Crippen LogP contribution in [-0.2, 0) is 6.42 Å². The molecule has 0 aliphatic heterocycles. The van der Waals surface area contributed by atoms with Gasteiger partial charge in [-0.05, 0) is 108 Å². The molecule has 0 atom stereocenters. The normalized spacial score (nSPS) is 13.4. The van der Waals surface area contributed by atoms with E-state index in [1.807, 2.05) is 0 Å². The third-order valence-corrected chi connectivity index (χ3v) is 9.96. The van der Waals surface area contributed by atoms with Crippen molar-refractivity contribution in [2.24, 2.45) is 0 Å². The first kappa shape index (κ1) is 27.6. The maximum Gasteiger partial charge on any atom is -0.00298 e. The second-order valence-corrected chi connectivity index (χ2v) is 12.6. The zero-order chi connectivity index (χ0) is 31.2. The summed E-state index contributed by atoms with van der Waals surface area (Å²) in [5, 5.41) is 5.17. The number of hydrogen-bond donors (Lipinski definition) is 0. The van der Waals surface area contributed by atoms with Crippen molar-refractivity contribution in [3.05, 3.63) is 174 Å². The van der Waals surface area contributed by atoms with Crippen LogP contribution >= 0.6 is 0 Å². The van der Waals surface area contributed by atoms with Gasteiger partial charge in [-0.3, -0.25) is 0 Å². The Morgan fingerprint density at radius 1 is 0.362 bits per heavy atom. The van der Waals surface area contributed by atoms with Crippen molar-refractivity contribution in [2.45, 2.75) is 19.3 Å². The first-order valence-corrected chi connectivity index (χ1v) is 16.7. The second-order valence-electron chi connectivity index (χ2n) is 12.6. The van der Waals surface area contributed by atoms with Crippen molar-refractivity contribution in [3.63, 3.8) is 0 Å². The number of benzene rings is 7. The summed E-state index contributed by atoms with van der Waals surface area (Å²) in [4.78, 5) is 0. The highest BCUT2D eigenvalue weighted by Crippen LogP contribution is 2.47. The van der Waals surface area contributed by atoms with Gasteiger partial charge in [0.2, 0.25) is 0 Å². The van der Waals surface area contributed by atoms with Crippen LogP contribution < -0.4 is 0 Å². The minimum atomic E-state index is 0.939. The highest BCUT2D eigenvalue weighted by atomic mass is 14.3. The lowest BCUT2D eigenvalue weighted by Gasteiger charge is -2.26. The molecule has 0 N–H and O–H groups in total. The average Bonchev–Trinajstić information content (AvgIpc) is 3.40. The molecule has 0 unspecified atom stereocenters. The predicted octanol–water partition coefficient (Wildman–Crippen LogP) is 13.1. The molecule has 0 fully saturated rings. The molecule has 0 saturated heterocycles. The van der Waals surface area contributed by atoms with E-state index in [9.17, 15) is 0 Å². The third-order valence-electron chi connectivity index (χ3n) is 9.96. The van der Waals surface area contributed by atoms with Gasteiger partial charge in [0, 0.05) is 0 Å². The fourth-order valence-corrected chi connectivity index (χ4v) is 7.83. The van der Waals surface area contributed by atoms with Gasteiger partial charge < -0.3 is 0 Å². The Kier molecular flexibility index (Phi) is 6.79. The van der Waals surface area contributed by atoms with Crippen LogP contribution in [0, 0.1) is 0 Å². The molecule has 47 heavy (non-hydrogen) atoms. The van der Waals surface area contributed by atoms with Crippen LogP contribution in [-0.4, -0.2) is 0 Å². The van der Waals surface area contributed by atoms with Crippen molar-refractivity contribution < 1.29 is 0 Å². The van der Waals surface area contributed by atoms with Crippen LogP contribution in [0.4, 0.5) is 0 Å². The van der Waals surface area contributed by atoms with Gasteiger partial charge in [0.1, 0.15) is 0 Å². The minimum absolute atomic E-state index is 0.939. The van der Waals surface area contributed by atoms with Crippen molar-refractivity contribution >= 4 is 39.8 Å². The molecular weight excluding hydrogens is 565 g/mol. The summed E-state index contributed by atoms with van der Waals surface area (Å²) in [7, 11) is 0. The molecular formula is C47H34. The van der Waals surface area contributed by atoms with Crippen molar-refractivity contribution in [1.82, 2.24) is 0 Å². The molecule has 0 radical (unpaired) electrons. The summed E-state index contributed by atoms with van der Waals surface area (Å²) in [6.45, 7) is 0. The Hall–Kier alpha value is -5.72. The lowest BCUT2D eigenvalue weighted by molar-refractivity contribution is 0.988. The van der Waals surface area contributed by atoms with Gasteiger partial charge in [-0.2, -0.15) is 0 Å². The minimum Gasteiger partial charge on any atom is -0.0836 e. The quantitative estimate of drug-likeness (QED) is 0.189. The van der Waals surface area contributed by atoms with E-state index < -0.39 is 0 Å². The highest BCUT2D eigenvalue weighted by Gasteiger charge is 2.25. The monoisotopic (exact) mass is 598 g/mol. The van der Waals surface area contributed by atoms with Gasteiger partial charge in [0.05, 0.1) is 0 Å². The number of allylic oxidation sites excluding steroid dienone is 3. The summed E-state index contributed by atoms with van der Waals surface area (Å²) in [5.74, 6) is 0. The van der Waals surface area contributed by atoms with E-state index >= 15 is 0 Å². The van der Waals surface area contributed by atoms with Gasteiger partial charge >= 0.3 is 0 Å². The van der Waals surface area contributed by atoms with E-state index in [4.69, 9.17) is 0 Å². The zero-order valence-corrected chi connectivity index (χ0v) is 26.3. The van der Waals surface area contributed by atoms with Crippen LogP contribution in [0.2, 0.25) is 0 Å². The molecule has 9 rings (SSSR count). The highest BCUT2D eigenvalue weighted by molar-refractivity contribution is 6.06. The molecule has 7 aromatic rings. The molecule has 0 amide bonds. The average molecular weight is 599 g/mol. The second kappa shape index (κ2) is 11.6. The van der Waals surface area contributed by atoms with Gasteiger partial charge in [-0.15, -0.1) is 0 Å². The number of fused-ring (bicyclic) bond motifs is 4. The maximum atomic E-state index is 2.38. The van der Waals surface area contributed by atoms with Gasteiger partial charge in [0.25, 0.3) is 0 Å². The Morgan fingerprint density at radius 3 is 1.68 bits per heavy atom. The first-order valence-electron chi connectivity index (χ1n) is 16.7. The maximum absolute atomic E-state index is 2.38. The summed E-state index contributed by atoms with van der Waals surface area (Å²) in [6, 6.07) is 49.0. The fourth-order valence-electron chi connectivity index (χ4n) is 7.83. The summed E-state index contributed by atoms with van der Waals surface area (Å²) in [5.41, 5.74) is 15.8. The molecule has 222 valence electrons. The van der Waals surface area contributed by atoms with E-state index in [0.29, 0.717) is 0 Å². The molecule has 0 saturated carbocycles. The van der Waals surface area contributed by atoms with Crippen LogP contribution in [0.5, 0.6) is 0 Å². The van der Waals surface area contributed by atoms with Crippen LogP contribution in [0.1, 0.15) is 35.1 Å². The van der Waals surface area contributed by atoms with Crippen LogP contribution in [0.15, 0.2) is 152 Å². The van der Waals surface area contributed by atoms with Gasteiger partial charge in [-0.1, -0.05) is 170 Å². The summed E-state index contributed by atoms with van der Waals surface area (Å²) in [6.07, 6.45) is 17.2. The van der Waals surface area contributed by atoms with Crippen molar-refractivity contribution in [2.75, 3.05) is 0 Å². The smallest absolute Gasteiger partial charge is 0.00298 e. The molecule has 0 bridgehead atoms. The van der Waals surface area contributed by atoms with E-state index in [-0.39, 0.29) is 0 Å². The fraction of sp³-hybridized carbons (Fsp3) is 0.0638. The largest absolute Gasteiger partial charge is 0.0836 e. The lowest BCUT2D eigenvalue weighted by Crippen LogP contribution is -2.06. The summed E-state index contributed by atoms with van der Waals surface area (Å²) < 4.78 is 0. The molecule has 0 spiro atoms. The van der Waals surface area contributed by atoms with E-state index in [2.05, 4.69) is 170 Å². The van der Waals surface area contributed by atoms with Crippen LogP contribution in [0.25, 0.3) is 84.3 Å². The number of rotatable bonds is 4. The van der Waals surface area contributed by atoms with Crippen molar-refractivity contribution in [1.29, 1.82) is 0 Å². The Bertz CT molecular complexity index is 2390. The molecule has 0 heterocycles. The Balaban J connectivity index is 1.23. The molecule has 7 aromatic carbocycles. The number of hydrogen-bond acceptors (Lipinski definition) is 0. The first-order chi connectivity index (χ1) is 23.3. The summed E-state index contributed by atoms with van der Waals surface area (Å²) >= 11 is 0. The van der Waals surface area contributed by atoms with E-state index in [1.54, 1.807) is 0 Å².